The summed E-state index contributed by atoms with van der Waals surface area (Å²) in [6.45, 7) is 6.17. The third-order valence-corrected chi connectivity index (χ3v) is 8.02. The molecule has 3 aromatic rings. The van der Waals surface area contributed by atoms with Crippen molar-refractivity contribution in [2.24, 2.45) is 0 Å². The van der Waals surface area contributed by atoms with E-state index in [1.54, 1.807) is 12.1 Å². The van der Waals surface area contributed by atoms with Crippen molar-refractivity contribution < 1.29 is 18.8 Å². The number of halogens is 1. The lowest BCUT2D eigenvalue weighted by Crippen LogP contribution is -2.45. The van der Waals surface area contributed by atoms with Crippen molar-refractivity contribution in [2.45, 2.75) is 70.8 Å². The Morgan fingerprint density at radius 2 is 1.65 bits per heavy atom. The highest BCUT2D eigenvalue weighted by Crippen LogP contribution is 2.31. The maximum atomic E-state index is 14.3. The van der Waals surface area contributed by atoms with Gasteiger partial charge in [0, 0.05) is 50.1 Å². The van der Waals surface area contributed by atoms with Crippen LogP contribution in [0.3, 0.4) is 0 Å². The van der Waals surface area contributed by atoms with Crippen molar-refractivity contribution in [2.75, 3.05) is 32.8 Å². The fraction of sp³-hybridized carbons (Fsp3) is 0.516. The molecular weight excluding hydrogens is 509 g/mol. The molecule has 0 aliphatic carbocycles. The van der Waals surface area contributed by atoms with Gasteiger partial charge < -0.3 is 10.2 Å². The maximum Gasteiger partial charge on any atom is 0.258 e. The second-order valence-corrected chi connectivity index (χ2v) is 10.9. The standard InChI is InChI=1S/C31H40FN5O3/c1-2-3-4-5-6-7-8-9-18-40-37-29-20-23(32)11-13-25(29)27(35-37)21-28(36-16-14-33-15-17-36)22-10-12-24-26(19-22)31(39)34-30(24)38/h10-13,19-20,28,33H,2-9,14-18,21H2,1H3,(H,34,38,39). The van der Waals surface area contributed by atoms with E-state index in [2.05, 4.69) is 22.5 Å². The lowest BCUT2D eigenvalue weighted by molar-refractivity contribution is 0.0867. The summed E-state index contributed by atoms with van der Waals surface area (Å²) in [6.07, 6.45) is 10.2. The number of imide groups is 1. The van der Waals surface area contributed by atoms with E-state index >= 15 is 0 Å². The minimum absolute atomic E-state index is 0.0692. The Bertz CT molecular complexity index is 1330. The summed E-state index contributed by atoms with van der Waals surface area (Å²) in [5.41, 5.74) is 3.21. The summed E-state index contributed by atoms with van der Waals surface area (Å²) >= 11 is 0. The molecule has 1 unspecified atom stereocenters. The molecule has 214 valence electrons. The van der Waals surface area contributed by atoms with Crippen molar-refractivity contribution in [3.05, 3.63) is 64.6 Å². The first-order valence-electron chi connectivity index (χ1n) is 14.8. The minimum atomic E-state index is -0.361. The summed E-state index contributed by atoms with van der Waals surface area (Å²) in [4.78, 5) is 34.4. The van der Waals surface area contributed by atoms with E-state index in [1.165, 1.54) is 55.5 Å². The number of hydrogen-bond acceptors (Lipinski definition) is 6. The largest absolute Gasteiger partial charge is 0.396 e. The molecule has 2 N–H and O–H groups in total. The predicted molar refractivity (Wildman–Crippen MR) is 153 cm³/mol. The number of nitrogens with one attached hydrogen (secondary N) is 2. The molecule has 1 fully saturated rings. The molecule has 0 saturated carbocycles. The van der Waals surface area contributed by atoms with Crippen molar-refractivity contribution in [1.82, 2.24) is 25.5 Å². The van der Waals surface area contributed by atoms with E-state index in [0.29, 0.717) is 29.7 Å². The van der Waals surface area contributed by atoms with Crippen molar-refractivity contribution in [3.63, 3.8) is 0 Å². The lowest BCUT2D eigenvalue weighted by atomic mass is 9.95. The Labute approximate surface area is 235 Å². The number of benzene rings is 2. The van der Waals surface area contributed by atoms with E-state index < -0.39 is 0 Å². The van der Waals surface area contributed by atoms with Gasteiger partial charge in [-0.3, -0.25) is 19.8 Å². The normalized spacial score (nSPS) is 16.4. The van der Waals surface area contributed by atoms with Crippen LogP contribution in [0.15, 0.2) is 36.4 Å². The number of unbranched alkanes of at least 4 members (excludes halogenated alkanes) is 7. The molecule has 1 atom stereocenters. The first-order chi connectivity index (χ1) is 19.5. The van der Waals surface area contributed by atoms with E-state index in [4.69, 9.17) is 9.94 Å². The van der Waals surface area contributed by atoms with E-state index in [9.17, 15) is 14.0 Å². The Balaban J connectivity index is 1.33. The minimum Gasteiger partial charge on any atom is -0.396 e. The fourth-order valence-electron chi connectivity index (χ4n) is 5.79. The topological polar surface area (TPSA) is 88.5 Å². The van der Waals surface area contributed by atoms with Crippen LogP contribution in [0.2, 0.25) is 0 Å². The summed E-state index contributed by atoms with van der Waals surface area (Å²) in [5, 5.41) is 11.4. The number of fused-ring (bicyclic) bond motifs is 2. The van der Waals surface area contributed by atoms with Gasteiger partial charge in [0.15, 0.2) is 0 Å². The van der Waals surface area contributed by atoms with Crippen LogP contribution in [0.5, 0.6) is 0 Å². The molecule has 1 saturated heterocycles. The zero-order valence-corrected chi connectivity index (χ0v) is 23.4. The third-order valence-electron chi connectivity index (χ3n) is 8.02. The van der Waals surface area contributed by atoms with Gasteiger partial charge in [0.2, 0.25) is 0 Å². The first-order valence-corrected chi connectivity index (χ1v) is 14.8. The number of nitrogens with zero attached hydrogens (tertiary/aromatic N) is 3. The highest BCUT2D eigenvalue weighted by Gasteiger charge is 2.30. The molecule has 1 aromatic heterocycles. The summed E-state index contributed by atoms with van der Waals surface area (Å²) < 4.78 is 14.3. The molecule has 0 bridgehead atoms. The molecule has 2 amide bonds. The number of aromatic nitrogens is 2. The number of hydrogen-bond donors (Lipinski definition) is 2. The molecule has 9 heteroatoms. The van der Waals surface area contributed by atoms with Crippen LogP contribution in [0.25, 0.3) is 10.9 Å². The summed E-state index contributed by atoms with van der Waals surface area (Å²) in [7, 11) is 0. The number of carbonyl (C=O) groups is 2. The van der Waals surface area contributed by atoms with Gasteiger partial charge in [-0.15, -0.1) is 5.10 Å². The van der Waals surface area contributed by atoms with Crippen LogP contribution in [0.4, 0.5) is 4.39 Å². The van der Waals surface area contributed by atoms with Crippen LogP contribution < -0.4 is 15.5 Å². The van der Waals surface area contributed by atoms with Crippen LogP contribution in [0, 0.1) is 5.82 Å². The molecule has 0 spiro atoms. The average molecular weight is 550 g/mol. The maximum absolute atomic E-state index is 14.3. The number of piperazine rings is 1. The zero-order chi connectivity index (χ0) is 27.9. The van der Waals surface area contributed by atoms with Gasteiger partial charge in [-0.25, -0.2) is 4.39 Å². The Morgan fingerprint density at radius 3 is 2.42 bits per heavy atom. The van der Waals surface area contributed by atoms with Gasteiger partial charge in [-0.1, -0.05) is 56.4 Å². The number of amides is 2. The highest BCUT2D eigenvalue weighted by atomic mass is 19.1. The highest BCUT2D eigenvalue weighted by molar-refractivity contribution is 6.21. The first kappa shape index (κ1) is 28.2. The SMILES string of the molecule is CCCCCCCCCCOn1nc(CC(c2ccc3c(c2)C(=O)NC3=O)N2CCNCC2)c2ccc(F)cc21. The zero-order valence-electron chi connectivity index (χ0n) is 23.4. The molecular formula is C31H40FN5O3. The van der Waals surface area contributed by atoms with Crippen molar-refractivity contribution >= 4 is 22.7 Å². The lowest BCUT2D eigenvalue weighted by Gasteiger charge is -2.35. The van der Waals surface area contributed by atoms with Crippen molar-refractivity contribution in [1.29, 1.82) is 0 Å². The van der Waals surface area contributed by atoms with Gasteiger partial charge in [0.1, 0.15) is 17.9 Å². The van der Waals surface area contributed by atoms with Crippen LogP contribution >= 0.6 is 0 Å². The Kier molecular flexibility index (Phi) is 9.44. The smallest absolute Gasteiger partial charge is 0.258 e. The molecule has 3 heterocycles. The summed E-state index contributed by atoms with van der Waals surface area (Å²) in [6, 6.07) is 10.1. The monoisotopic (exact) mass is 549 g/mol. The molecule has 2 aromatic carbocycles. The molecule has 0 radical (unpaired) electrons. The van der Waals surface area contributed by atoms with Gasteiger partial charge in [0.05, 0.1) is 16.8 Å². The van der Waals surface area contributed by atoms with Gasteiger partial charge in [0.25, 0.3) is 11.8 Å². The molecule has 5 rings (SSSR count). The van der Waals surface area contributed by atoms with Crippen LogP contribution in [-0.2, 0) is 6.42 Å². The van der Waals surface area contributed by atoms with E-state index in [-0.39, 0.29) is 23.7 Å². The average Bonchev–Trinajstić information content (AvgIpc) is 3.45. The van der Waals surface area contributed by atoms with Gasteiger partial charge in [-0.05, 0) is 42.7 Å². The molecule has 40 heavy (non-hydrogen) atoms. The summed E-state index contributed by atoms with van der Waals surface area (Å²) in [5.74, 6) is -1.05. The third kappa shape index (κ3) is 6.53. The molecule has 2 aliphatic heterocycles. The molecule has 8 nitrogen and oxygen atoms in total. The number of carbonyl (C=O) groups excluding carboxylic acids is 2. The second-order valence-electron chi connectivity index (χ2n) is 10.9. The van der Waals surface area contributed by atoms with Crippen LogP contribution in [-0.4, -0.2) is 59.4 Å². The Morgan fingerprint density at radius 1 is 0.925 bits per heavy atom. The van der Waals surface area contributed by atoms with Gasteiger partial charge in [-0.2, -0.15) is 0 Å². The Hall–Kier alpha value is -3.30. The van der Waals surface area contributed by atoms with E-state index in [1.807, 2.05) is 12.1 Å². The fourth-order valence-corrected chi connectivity index (χ4v) is 5.79. The molecule has 2 aliphatic rings. The quantitative estimate of drug-likeness (QED) is 0.222. The predicted octanol–water partition coefficient (Wildman–Crippen LogP) is 4.82. The van der Waals surface area contributed by atoms with E-state index in [0.717, 1.165) is 55.7 Å². The van der Waals surface area contributed by atoms with Crippen molar-refractivity contribution in [3.8, 4) is 0 Å². The second kappa shape index (κ2) is 13.4. The van der Waals surface area contributed by atoms with Gasteiger partial charge >= 0.3 is 0 Å². The number of rotatable bonds is 14. The van der Waals surface area contributed by atoms with Crippen LogP contribution in [0.1, 0.15) is 96.3 Å².